The quantitative estimate of drug-likeness (QED) is 0.430. The standard InChI is InChI=1S/C15H10Br2F3NO/c1-9-12(16)6-10(7-13(9)17)8-21-22-14-5-3-2-4-11(14)15(18,19)20/h2-8H,1H3/b21-8+. The number of nitrogens with zero attached hydrogens (tertiary/aromatic N) is 1. The number of oxime groups is 1. The van der Waals surface area contributed by atoms with Crippen LogP contribution in [0.25, 0.3) is 0 Å². The maximum absolute atomic E-state index is 12.8. The van der Waals surface area contributed by atoms with E-state index >= 15 is 0 Å². The van der Waals surface area contributed by atoms with Crippen molar-refractivity contribution in [1.82, 2.24) is 0 Å². The average molecular weight is 437 g/mol. The summed E-state index contributed by atoms with van der Waals surface area (Å²) in [5.74, 6) is -0.337. The zero-order valence-corrected chi connectivity index (χ0v) is 14.5. The molecule has 0 aliphatic rings. The fraction of sp³-hybridized carbons (Fsp3) is 0.133. The van der Waals surface area contributed by atoms with Crippen LogP contribution in [0.1, 0.15) is 16.7 Å². The van der Waals surface area contributed by atoms with Gasteiger partial charge < -0.3 is 4.84 Å². The third-order valence-corrected chi connectivity index (χ3v) is 4.50. The second-order valence-corrected chi connectivity index (χ2v) is 6.14. The van der Waals surface area contributed by atoms with Crippen molar-refractivity contribution < 1.29 is 18.0 Å². The van der Waals surface area contributed by atoms with E-state index in [0.717, 1.165) is 20.6 Å². The highest BCUT2D eigenvalue weighted by Gasteiger charge is 2.34. The maximum atomic E-state index is 12.8. The first-order valence-corrected chi connectivity index (χ1v) is 7.70. The summed E-state index contributed by atoms with van der Waals surface area (Å²) in [6.45, 7) is 1.92. The number of halogens is 5. The molecule has 0 N–H and O–H groups in total. The monoisotopic (exact) mass is 435 g/mol. The molecule has 0 saturated carbocycles. The normalized spacial score (nSPS) is 11.9. The van der Waals surface area contributed by atoms with E-state index in [1.54, 1.807) is 12.1 Å². The van der Waals surface area contributed by atoms with Crippen LogP contribution in [0.5, 0.6) is 5.75 Å². The molecule has 0 saturated heterocycles. The van der Waals surface area contributed by atoms with Crippen molar-refractivity contribution in [2.45, 2.75) is 13.1 Å². The zero-order valence-electron chi connectivity index (χ0n) is 11.3. The van der Waals surface area contributed by atoms with Crippen molar-refractivity contribution in [1.29, 1.82) is 0 Å². The molecule has 2 rings (SSSR count). The summed E-state index contributed by atoms with van der Waals surface area (Å²) in [6, 6.07) is 8.52. The molecule has 0 radical (unpaired) electrons. The van der Waals surface area contributed by atoms with Gasteiger partial charge in [0, 0.05) is 8.95 Å². The molecule has 2 aromatic rings. The van der Waals surface area contributed by atoms with Crippen LogP contribution in [0, 0.1) is 6.92 Å². The minimum atomic E-state index is -4.48. The van der Waals surface area contributed by atoms with Gasteiger partial charge in [0.05, 0.1) is 6.21 Å². The number of hydrogen-bond donors (Lipinski definition) is 0. The molecule has 0 atom stereocenters. The predicted octanol–water partition coefficient (Wildman–Crippen LogP) is 5.95. The van der Waals surface area contributed by atoms with Crippen molar-refractivity contribution in [2.24, 2.45) is 5.16 Å². The summed E-state index contributed by atoms with van der Waals surface area (Å²) >= 11 is 6.78. The first-order valence-electron chi connectivity index (χ1n) is 6.11. The second-order valence-electron chi connectivity index (χ2n) is 4.43. The Balaban J connectivity index is 2.21. The third kappa shape index (κ3) is 4.10. The molecule has 0 aliphatic heterocycles. The van der Waals surface area contributed by atoms with E-state index in [1.807, 2.05) is 6.92 Å². The Morgan fingerprint density at radius 3 is 2.27 bits per heavy atom. The van der Waals surface area contributed by atoms with Gasteiger partial charge >= 0.3 is 6.18 Å². The van der Waals surface area contributed by atoms with Crippen molar-refractivity contribution in [3.05, 3.63) is 62.0 Å². The first kappa shape index (κ1) is 17.0. The minimum absolute atomic E-state index is 0.337. The van der Waals surface area contributed by atoms with Crippen LogP contribution in [-0.4, -0.2) is 6.21 Å². The first-order chi connectivity index (χ1) is 10.3. The van der Waals surface area contributed by atoms with Crippen LogP contribution in [0.2, 0.25) is 0 Å². The lowest BCUT2D eigenvalue weighted by Gasteiger charge is -2.10. The highest BCUT2D eigenvalue weighted by atomic mass is 79.9. The lowest BCUT2D eigenvalue weighted by Crippen LogP contribution is -2.06. The van der Waals surface area contributed by atoms with Gasteiger partial charge in [-0.2, -0.15) is 13.2 Å². The number of rotatable bonds is 3. The maximum Gasteiger partial charge on any atom is 0.420 e. The highest BCUT2D eigenvalue weighted by molar-refractivity contribution is 9.11. The molecule has 116 valence electrons. The van der Waals surface area contributed by atoms with Gasteiger partial charge in [-0.3, -0.25) is 0 Å². The van der Waals surface area contributed by atoms with Crippen LogP contribution in [0.3, 0.4) is 0 Å². The SMILES string of the molecule is Cc1c(Br)cc(/C=N/Oc2ccccc2C(F)(F)F)cc1Br. The lowest BCUT2D eigenvalue weighted by molar-refractivity contribution is -0.138. The number of para-hydroxylation sites is 1. The Hall–Kier alpha value is -1.34. The van der Waals surface area contributed by atoms with Gasteiger partial charge in [-0.1, -0.05) is 49.1 Å². The van der Waals surface area contributed by atoms with Crippen molar-refractivity contribution in [3.63, 3.8) is 0 Å². The molecule has 0 amide bonds. The highest BCUT2D eigenvalue weighted by Crippen LogP contribution is 2.36. The van der Waals surface area contributed by atoms with Crippen LogP contribution in [0.4, 0.5) is 13.2 Å². The Morgan fingerprint density at radius 2 is 1.68 bits per heavy atom. The summed E-state index contributed by atoms with van der Waals surface area (Å²) < 4.78 is 40.1. The van der Waals surface area contributed by atoms with E-state index in [0.29, 0.717) is 5.56 Å². The molecular weight excluding hydrogens is 427 g/mol. The van der Waals surface area contributed by atoms with Gasteiger partial charge in [-0.05, 0) is 42.3 Å². The molecule has 0 spiro atoms. The van der Waals surface area contributed by atoms with Crippen molar-refractivity contribution in [3.8, 4) is 5.75 Å². The molecule has 2 nitrogen and oxygen atoms in total. The average Bonchev–Trinajstić information content (AvgIpc) is 2.44. The van der Waals surface area contributed by atoms with Gasteiger partial charge in [-0.15, -0.1) is 0 Å². The van der Waals surface area contributed by atoms with Crippen molar-refractivity contribution in [2.75, 3.05) is 0 Å². The molecule has 0 aliphatic carbocycles. The number of alkyl halides is 3. The Bertz CT molecular complexity index is 691. The molecule has 0 unspecified atom stereocenters. The topological polar surface area (TPSA) is 21.6 Å². The van der Waals surface area contributed by atoms with Gasteiger partial charge in [0.25, 0.3) is 0 Å². The Kier molecular flexibility index (Phi) is 5.28. The van der Waals surface area contributed by atoms with Crippen molar-refractivity contribution >= 4 is 38.1 Å². The van der Waals surface area contributed by atoms with E-state index in [4.69, 9.17) is 4.84 Å². The minimum Gasteiger partial charge on any atom is -0.356 e. The molecule has 0 heterocycles. The van der Waals surface area contributed by atoms with Crippen LogP contribution in [-0.2, 0) is 6.18 Å². The smallest absolute Gasteiger partial charge is 0.356 e. The molecule has 22 heavy (non-hydrogen) atoms. The summed E-state index contributed by atoms with van der Waals surface area (Å²) in [5, 5.41) is 3.63. The van der Waals surface area contributed by atoms with E-state index < -0.39 is 11.7 Å². The largest absolute Gasteiger partial charge is 0.420 e. The number of hydrogen-bond acceptors (Lipinski definition) is 2. The lowest BCUT2D eigenvalue weighted by atomic mass is 10.2. The Morgan fingerprint density at radius 1 is 1.09 bits per heavy atom. The molecular formula is C15H10Br2F3NO. The van der Waals surface area contributed by atoms with Crippen LogP contribution >= 0.6 is 31.9 Å². The summed E-state index contributed by atoms with van der Waals surface area (Å²) in [4.78, 5) is 4.90. The van der Waals surface area contributed by atoms with Gasteiger partial charge in [0.2, 0.25) is 0 Å². The summed E-state index contributed by atoms with van der Waals surface area (Å²) in [6.07, 6.45) is -3.13. The van der Waals surface area contributed by atoms with E-state index in [1.165, 1.54) is 24.4 Å². The predicted molar refractivity (Wildman–Crippen MR) is 86.2 cm³/mol. The molecule has 7 heteroatoms. The molecule has 2 aromatic carbocycles. The number of benzene rings is 2. The molecule has 0 bridgehead atoms. The van der Waals surface area contributed by atoms with Gasteiger partial charge in [0.1, 0.15) is 5.56 Å². The van der Waals surface area contributed by atoms with Crippen LogP contribution in [0.15, 0.2) is 50.5 Å². The fourth-order valence-corrected chi connectivity index (χ4v) is 2.89. The van der Waals surface area contributed by atoms with Gasteiger partial charge in [-0.25, -0.2) is 0 Å². The van der Waals surface area contributed by atoms with E-state index in [2.05, 4.69) is 37.0 Å². The van der Waals surface area contributed by atoms with Gasteiger partial charge in [0.15, 0.2) is 5.75 Å². The summed E-state index contributed by atoms with van der Waals surface area (Å²) in [7, 11) is 0. The molecule has 0 aromatic heterocycles. The second kappa shape index (κ2) is 6.83. The van der Waals surface area contributed by atoms with Crippen LogP contribution < -0.4 is 4.84 Å². The van der Waals surface area contributed by atoms with E-state index in [-0.39, 0.29) is 5.75 Å². The fourth-order valence-electron chi connectivity index (χ4n) is 1.66. The van der Waals surface area contributed by atoms with E-state index in [9.17, 15) is 13.2 Å². The zero-order chi connectivity index (χ0) is 16.3. The summed E-state index contributed by atoms with van der Waals surface area (Å²) in [5.41, 5.74) is 0.841. The molecule has 0 fully saturated rings. The third-order valence-electron chi connectivity index (χ3n) is 2.85. The Labute approximate surface area is 142 Å².